The maximum atomic E-state index is 14.0. The molecule has 0 saturated carbocycles. The van der Waals surface area contributed by atoms with Gasteiger partial charge in [-0.3, -0.25) is 4.79 Å². The predicted molar refractivity (Wildman–Crippen MR) is 123 cm³/mol. The Morgan fingerprint density at radius 3 is 2.49 bits per heavy atom. The molecule has 0 fully saturated rings. The minimum Gasteiger partial charge on any atom is -0.481 e. The molecule has 0 N–H and O–H groups in total. The highest BCUT2D eigenvalue weighted by molar-refractivity contribution is 5.94. The number of hydrogen-bond acceptors (Lipinski definition) is 6. The lowest BCUT2D eigenvalue weighted by molar-refractivity contribution is -0.136. The van der Waals surface area contributed by atoms with E-state index in [1.54, 1.807) is 42.6 Å². The summed E-state index contributed by atoms with van der Waals surface area (Å²) in [6, 6.07) is 12.9. The van der Waals surface area contributed by atoms with Gasteiger partial charge in [0.1, 0.15) is 12.3 Å². The van der Waals surface area contributed by atoms with Crippen molar-refractivity contribution in [2.45, 2.75) is 25.4 Å². The van der Waals surface area contributed by atoms with Gasteiger partial charge in [-0.15, -0.1) is 0 Å². The van der Waals surface area contributed by atoms with Gasteiger partial charge in [-0.05, 0) is 11.5 Å². The van der Waals surface area contributed by atoms with Crippen LogP contribution in [0.1, 0.15) is 30.4 Å². The molecule has 1 aromatic carbocycles. The summed E-state index contributed by atoms with van der Waals surface area (Å²) in [7, 11) is 3.03. The highest BCUT2D eigenvalue weighted by Crippen LogP contribution is 2.40. The molecule has 0 saturated heterocycles. The fourth-order valence-electron chi connectivity index (χ4n) is 3.80. The van der Waals surface area contributed by atoms with Gasteiger partial charge < -0.3 is 9.47 Å². The van der Waals surface area contributed by atoms with E-state index in [9.17, 15) is 18.0 Å². The molecule has 0 radical (unpaired) electrons. The van der Waals surface area contributed by atoms with Crippen LogP contribution in [0, 0.1) is 0 Å². The molecule has 0 aliphatic heterocycles. The third kappa shape index (κ3) is 5.26. The van der Waals surface area contributed by atoms with Crippen molar-refractivity contribution in [3.05, 3.63) is 65.9 Å². The number of aromatic nitrogens is 4. The van der Waals surface area contributed by atoms with Crippen molar-refractivity contribution in [2.75, 3.05) is 13.7 Å². The fraction of sp³-hybridized carbons (Fsp3) is 0.280. The Labute approximate surface area is 199 Å². The van der Waals surface area contributed by atoms with Gasteiger partial charge in [0.05, 0.1) is 18.1 Å². The summed E-state index contributed by atoms with van der Waals surface area (Å²) >= 11 is 0. The Balaban J connectivity index is 1.57. The lowest BCUT2D eigenvalue weighted by Gasteiger charge is -2.13. The number of ketones is 1. The van der Waals surface area contributed by atoms with E-state index in [0.29, 0.717) is 11.4 Å². The number of alkyl halides is 3. The zero-order chi connectivity index (χ0) is 25.2. The number of carbonyl (C=O) groups is 1. The number of pyridine rings is 2. The van der Waals surface area contributed by atoms with E-state index in [0.717, 1.165) is 11.6 Å². The van der Waals surface area contributed by atoms with Crippen molar-refractivity contribution in [1.29, 1.82) is 0 Å². The maximum absolute atomic E-state index is 14.0. The number of benzene rings is 1. The number of methoxy groups -OCH3 is 1. The van der Waals surface area contributed by atoms with Gasteiger partial charge in [0.2, 0.25) is 11.8 Å². The molecular formula is C25H23F3N4O3. The lowest BCUT2D eigenvalue weighted by atomic mass is 9.97. The Hall–Kier alpha value is -3.95. The largest absolute Gasteiger partial charge is 0.481 e. The van der Waals surface area contributed by atoms with Gasteiger partial charge in [0.25, 0.3) is 0 Å². The number of hydrogen-bond donors (Lipinski definition) is 0. The molecule has 4 aromatic rings. The first-order valence-electron chi connectivity index (χ1n) is 10.8. The van der Waals surface area contributed by atoms with Gasteiger partial charge in [0.15, 0.2) is 11.4 Å². The van der Waals surface area contributed by atoms with Crippen molar-refractivity contribution in [3.8, 4) is 23.0 Å². The second-order valence-corrected chi connectivity index (χ2v) is 8.11. The van der Waals surface area contributed by atoms with E-state index in [1.807, 2.05) is 13.0 Å². The van der Waals surface area contributed by atoms with Crippen molar-refractivity contribution in [2.24, 2.45) is 7.05 Å². The number of carbonyl (C=O) groups excluding carboxylic acids is 1. The minimum absolute atomic E-state index is 0.0128. The SMILES string of the molecule is COc1ccc(C(C)CC(=O)COc2cc(C(F)(F)F)c3c(-c4ccccc4)nn(C)c3n2)cn1. The van der Waals surface area contributed by atoms with Crippen LogP contribution in [0.3, 0.4) is 0 Å². The first-order chi connectivity index (χ1) is 16.7. The van der Waals surface area contributed by atoms with Crippen LogP contribution in [0.25, 0.3) is 22.3 Å². The van der Waals surface area contributed by atoms with Gasteiger partial charge in [-0.2, -0.15) is 23.3 Å². The highest BCUT2D eigenvalue weighted by atomic mass is 19.4. The topological polar surface area (TPSA) is 79.1 Å². The Morgan fingerprint density at radius 1 is 1.11 bits per heavy atom. The first-order valence-corrected chi connectivity index (χ1v) is 10.8. The number of rotatable bonds is 8. The van der Waals surface area contributed by atoms with Crippen molar-refractivity contribution < 1.29 is 27.4 Å². The normalized spacial score (nSPS) is 12.5. The molecule has 4 rings (SSSR count). The quantitative estimate of drug-likeness (QED) is 0.342. The minimum atomic E-state index is -4.67. The molecule has 0 aliphatic carbocycles. The smallest absolute Gasteiger partial charge is 0.417 e. The average molecular weight is 484 g/mol. The lowest BCUT2D eigenvalue weighted by Crippen LogP contribution is -2.15. The molecule has 35 heavy (non-hydrogen) atoms. The number of ether oxygens (including phenoxy) is 2. The second kappa shape index (κ2) is 9.73. The Bertz CT molecular complexity index is 1340. The molecule has 7 nitrogen and oxygen atoms in total. The third-order valence-electron chi connectivity index (χ3n) is 5.58. The summed E-state index contributed by atoms with van der Waals surface area (Å²) in [5, 5.41) is 4.15. The van der Waals surface area contributed by atoms with Crippen LogP contribution in [0.15, 0.2) is 54.7 Å². The van der Waals surface area contributed by atoms with Gasteiger partial charge >= 0.3 is 6.18 Å². The number of aryl methyl sites for hydroxylation is 1. The van der Waals surface area contributed by atoms with Crippen LogP contribution in [-0.4, -0.2) is 39.2 Å². The Kier molecular flexibility index (Phi) is 6.72. The monoisotopic (exact) mass is 484 g/mol. The van der Waals surface area contributed by atoms with Crippen LogP contribution < -0.4 is 9.47 Å². The van der Waals surface area contributed by atoms with Crippen molar-refractivity contribution in [3.63, 3.8) is 0 Å². The molecule has 0 amide bonds. The maximum Gasteiger partial charge on any atom is 0.417 e. The molecule has 0 bridgehead atoms. The molecule has 1 atom stereocenters. The van der Waals surface area contributed by atoms with Gasteiger partial charge in [-0.1, -0.05) is 43.3 Å². The van der Waals surface area contributed by atoms with Crippen LogP contribution in [0.5, 0.6) is 11.8 Å². The van der Waals surface area contributed by atoms with E-state index in [2.05, 4.69) is 15.1 Å². The zero-order valence-corrected chi connectivity index (χ0v) is 19.3. The van der Waals surface area contributed by atoms with E-state index in [1.165, 1.54) is 18.8 Å². The summed E-state index contributed by atoms with van der Waals surface area (Å²) in [6.45, 7) is 1.45. The summed E-state index contributed by atoms with van der Waals surface area (Å²) < 4.78 is 53.8. The van der Waals surface area contributed by atoms with Crippen LogP contribution in [-0.2, 0) is 18.0 Å². The van der Waals surface area contributed by atoms with Gasteiger partial charge in [-0.25, -0.2) is 9.67 Å². The molecular weight excluding hydrogens is 461 g/mol. The van der Waals surface area contributed by atoms with Crippen LogP contribution >= 0.6 is 0 Å². The second-order valence-electron chi connectivity index (χ2n) is 8.11. The third-order valence-corrected chi connectivity index (χ3v) is 5.58. The molecule has 0 spiro atoms. The zero-order valence-electron chi connectivity index (χ0n) is 19.3. The van der Waals surface area contributed by atoms with E-state index in [-0.39, 0.29) is 40.7 Å². The summed E-state index contributed by atoms with van der Waals surface area (Å²) in [4.78, 5) is 20.8. The predicted octanol–water partition coefficient (Wildman–Crippen LogP) is 5.20. The molecule has 3 heterocycles. The first kappa shape index (κ1) is 24.2. The fourth-order valence-corrected chi connectivity index (χ4v) is 3.80. The summed E-state index contributed by atoms with van der Waals surface area (Å²) in [5.74, 6) is -0.266. The summed E-state index contributed by atoms with van der Waals surface area (Å²) in [5.41, 5.74) is 0.637. The van der Waals surface area contributed by atoms with Crippen LogP contribution in [0.4, 0.5) is 13.2 Å². The Morgan fingerprint density at radius 2 is 1.86 bits per heavy atom. The molecule has 182 valence electrons. The van der Waals surface area contributed by atoms with Crippen LogP contribution in [0.2, 0.25) is 0 Å². The van der Waals surface area contributed by atoms with E-state index < -0.39 is 18.3 Å². The van der Waals surface area contributed by atoms with E-state index >= 15 is 0 Å². The molecule has 1 unspecified atom stereocenters. The number of fused-ring (bicyclic) bond motifs is 1. The molecule has 0 aliphatic rings. The number of halogens is 3. The average Bonchev–Trinajstić information content (AvgIpc) is 3.18. The van der Waals surface area contributed by atoms with Gasteiger partial charge in [0, 0.05) is 37.4 Å². The molecule has 10 heteroatoms. The highest BCUT2D eigenvalue weighted by Gasteiger charge is 2.36. The number of nitrogens with zero attached hydrogens (tertiary/aromatic N) is 4. The molecule has 3 aromatic heterocycles. The van der Waals surface area contributed by atoms with E-state index in [4.69, 9.17) is 9.47 Å². The summed E-state index contributed by atoms with van der Waals surface area (Å²) in [6.07, 6.45) is -2.92. The standard InChI is InChI=1S/C25H23F3N4O3/c1-15(17-9-10-20(34-3)29-13-17)11-18(33)14-35-21-12-19(25(26,27)28)22-23(16-7-5-4-6-8-16)31-32(2)24(22)30-21/h4-10,12-13,15H,11,14H2,1-3H3. The van der Waals surface area contributed by atoms with Crippen molar-refractivity contribution >= 4 is 16.8 Å². The number of Topliss-reactive ketones (excluding diaryl/α,β-unsaturated/α-hetero) is 1. The van der Waals surface area contributed by atoms with Crippen molar-refractivity contribution in [1.82, 2.24) is 19.7 Å².